The van der Waals surface area contributed by atoms with Crippen molar-refractivity contribution in [3.8, 4) is 0 Å². The zero-order chi connectivity index (χ0) is 9.84. The van der Waals surface area contributed by atoms with E-state index in [1.165, 1.54) is 19.3 Å². The fourth-order valence-electron chi connectivity index (χ4n) is 2.46. The lowest BCUT2D eigenvalue weighted by Gasteiger charge is -2.41. The van der Waals surface area contributed by atoms with Gasteiger partial charge in [0.05, 0.1) is 0 Å². The smallest absolute Gasteiger partial charge is 0.0200 e. The van der Waals surface area contributed by atoms with Crippen molar-refractivity contribution in [1.82, 2.24) is 0 Å². The third-order valence-corrected chi connectivity index (χ3v) is 3.39. The highest BCUT2D eigenvalue weighted by atomic mass is 14.4. The zero-order valence-corrected chi connectivity index (χ0v) is 9.59. The molecule has 3 atom stereocenters. The van der Waals surface area contributed by atoms with Crippen LogP contribution in [0.25, 0.3) is 0 Å². The fourth-order valence-corrected chi connectivity index (χ4v) is 2.46. The van der Waals surface area contributed by atoms with Gasteiger partial charge in [-0.2, -0.15) is 0 Å². The summed E-state index contributed by atoms with van der Waals surface area (Å²) in [6.07, 6.45) is 8.89. The molecule has 3 unspecified atom stereocenters. The molecular formula is C13H24. The summed E-state index contributed by atoms with van der Waals surface area (Å²) in [4.78, 5) is 0. The maximum absolute atomic E-state index is 2.47. The third-order valence-electron chi connectivity index (χ3n) is 3.39. The SMILES string of the molecule is CCC1C(C)CC1C=CCC(C)C. The molecule has 1 aliphatic rings. The molecule has 0 aliphatic heterocycles. The van der Waals surface area contributed by atoms with Crippen LogP contribution in [0.3, 0.4) is 0 Å². The summed E-state index contributed by atoms with van der Waals surface area (Å²) >= 11 is 0. The molecule has 0 bridgehead atoms. The molecule has 0 radical (unpaired) electrons. The minimum absolute atomic E-state index is 0.814. The highest BCUT2D eigenvalue weighted by Gasteiger charge is 2.34. The van der Waals surface area contributed by atoms with Gasteiger partial charge in [-0.05, 0) is 36.5 Å². The van der Waals surface area contributed by atoms with Gasteiger partial charge in [-0.1, -0.05) is 46.3 Å². The molecule has 0 nitrogen and oxygen atoms in total. The average molecular weight is 180 g/mol. The molecule has 1 saturated carbocycles. The van der Waals surface area contributed by atoms with Crippen LogP contribution in [0.15, 0.2) is 12.2 Å². The Bertz CT molecular complexity index is 167. The predicted octanol–water partition coefficient (Wildman–Crippen LogP) is 4.27. The second-order valence-electron chi connectivity index (χ2n) is 5.01. The van der Waals surface area contributed by atoms with Gasteiger partial charge in [-0.3, -0.25) is 0 Å². The van der Waals surface area contributed by atoms with Crippen LogP contribution in [0, 0.1) is 23.7 Å². The van der Waals surface area contributed by atoms with E-state index in [0.717, 1.165) is 23.7 Å². The summed E-state index contributed by atoms with van der Waals surface area (Å²) < 4.78 is 0. The molecule has 0 aromatic rings. The van der Waals surface area contributed by atoms with Gasteiger partial charge in [-0.15, -0.1) is 0 Å². The van der Waals surface area contributed by atoms with Gasteiger partial charge in [0.1, 0.15) is 0 Å². The minimum Gasteiger partial charge on any atom is -0.0880 e. The summed E-state index contributed by atoms with van der Waals surface area (Å²) in [5.41, 5.74) is 0. The summed E-state index contributed by atoms with van der Waals surface area (Å²) in [5.74, 6) is 3.66. The van der Waals surface area contributed by atoms with E-state index in [1.807, 2.05) is 0 Å². The molecule has 0 heterocycles. The second-order valence-corrected chi connectivity index (χ2v) is 5.01. The highest BCUT2D eigenvalue weighted by Crippen LogP contribution is 2.42. The molecule has 76 valence electrons. The maximum atomic E-state index is 2.47. The molecule has 0 N–H and O–H groups in total. The van der Waals surface area contributed by atoms with E-state index in [4.69, 9.17) is 0 Å². The normalized spacial score (nSPS) is 34.1. The van der Waals surface area contributed by atoms with Gasteiger partial charge >= 0.3 is 0 Å². The van der Waals surface area contributed by atoms with Crippen LogP contribution in [0.4, 0.5) is 0 Å². The van der Waals surface area contributed by atoms with Gasteiger partial charge in [0, 0.05) is 0 Å². The van der Waals surface area contributed by atoms with E-state index in [2.05, 4.69) is 39.8 Å². The second kappa shape index (κ2) is 4.83. The molecule has 1 aliphatic carbocycles. The number of rotatable bonds is 4. The summed E-state index contributed by atoms with van der Waals surface area (Å²) in [7, 11) is 0. The van der Waals surface area contributed by atoms with Crippen LogP contribution in [0.1, 0.15) is 47.0 Å². The summed E-state index contributed by atoms with van der Waals surface area (Å²) in [6.45, 7) is 9.28. The third kappa shape index (κ3) is 2.86. The van der Waals surface area contributed by atoms with Crippen molar-refractivity contribution in [2.24, 2.45) is 23.7 Å². The number of allylic oxidation sites excluding steroid dienone is 2. The first kappa shape index (κ1) is 10.8. The van der Waals surface area contributed by atoms with E-state index in [-0.39, 0.29) is 0 Å². The highest BCUT2D eigenvalue weighted by molar-refractivity contribution is 4.99. The summed E-state index contributed by atoms with van der Waals surface area (Å²) in [5, 5.41) is 0. The van der Waals surface area contributed by atoms with Crippen LogP contribution >= 0.6 is 0 Å². The van der Waals surface area contributed by atoms with E-state index >= 15 is 0 Å². The average Bonchev–Trinajstić information content (AvgIpc) is 2.02. The molecule has 13 heavy (non-hydrogen) atoms. The molecule has 0 saturated heterocycles. The van der Waals surface area contributed by atoms with Crippen LogP contribution in [0.2, 0.25) is 0 Å². The minimum atomic E-state index is 0.814. The zero-order valence-electron chi connectivity index (χ0n) is 9.59. The molecule has 0 spiro atoms. The quantitative estimate of drug-likeness (QED) is 0.567. The van der Waals surface area contributed by atoms with Crippen molar-refractivity contribution in [2.75, 3.05) is 0 Å². The van der Waals surface area contributed by atoms with Crippen molar-refractivity contribution in [3.05, 3.63) is 12.2 Å². The summed E-state index contributed by atoms with van der Waals surface area (Å²) in [6, 6.07) is 0. The van der Waals surface area contributed by atoms with E-state index in [0.29, 0.717) is 0 Å². The Hall–Kier alpha value is -0.260. The monoisotopic (exact) mass is 180 g/mol. The Morgan fingerprint density at radius 3 is 2.54 bits per heavy atom. The first-order valence-electron chi connectivity index (χ1n) is 5.81. The molecule has 0 aromatic heterocycles. The Balaban J connectivity index is 2.26. The first-order valence-corrected chi connectivity index (χ1v) is 5.81. The lowest BCUT2D eigenvalue weighted by Crippen LogP contribution is -2.32. The topological polar surface area (TPSA) is 0 Å². The van der Waals surface area contributed by atoms with E-state index in [1.54, 1.807) is 0 Å². The Kier molecular flexibility index (Phi) is 4.02. The number of hydrogen-bond donors (Lipinski definition) is 0. The molecule has 0 aromatic carbocycles. The van der Waals surface area contributed by atoms with Gasteiger partial charge in [0.15, 0.2) is 0 Å². The van der Waals surface area contributed by atoms with Crippen molar-refractivity contribution in [2.45, 2.75) is 47.0 Å². The number of hydrogen-bond acceptors (Lipinski definition) is 0. The van der Waals surface area contributed by atoms with Crippen LogP contribution in [0.5, 0.6) is 0 Å². The maximum Gasteiger partial charge on any atom is -0.0200 e. The van der Waals surface area contributed by atoms with Crippen molar-refractivity contribution >= 4 is 0 Å². The lowest BCUT2D eigenvalue weighted by atomic mass is 9.64. The lowest BCUT2D eigenvalue weighted by molar-refractivity contribution is 0.121. The van der Waals surface area contributed by atoms with Crippen LogP contribution in [-0.2, 0) is 0 Å². The molecule has 0 heteroatoms. The first-order chi connectivity index (χ1) is 6.15. The van der Waals surface area contributed by atoms with E-state index in [9.17, 15) is 0 Å². The predicted molar refractivity (Wildman–Crippen MR) is 59.6 cm³/mol. The van der Waals surface area contributed by atoms with Gasteiger partial charge in [0.25, 0.3) is 0 Å². The van der Waals surface area contributed by atoms with Crippen molar-refractivity contribution in [1.29, 1.82) is 0 Å². The Morgan fingerprint density at radius 1 is 1.38 bits per heavy atom. The van der Waals surface area contributed by atoms with Gasteiger partial charge in [0.2, 0.25) is 0 Å². The van der Waals surface area contributed by atoms with Crippen molar-refractivity contribution in [3.63, 3.8) is 0 Å². The fraction of sp³-hybridized carbons (Fsp3) is 0.846. The Labute approximate surface area is 83.4 Å². The van der Waals surface area contributed by atoms with Gasteiger partial charge < -0.3 is 0 Å². The molecular weight excluding hydrogens is 156 g/mol. The van der Waals surface area contributed by atoms with Crippen LogP contribution in [-0.4, -0.2) is 0 Å². The molecule has 1 fully saturated rings. The van der Waals surface area contributed by atoms with Crippen LogP contribution < -0.4 is 0 Å². The molecule has 0 amide bonds. The standard InChI is InChI=1S/C13H24/c1-5-13-11(4)9-12(13)8-6-7-10(2)3/h6,8,10-13H,5,7,9H2,1-4H3. The van der Waals surface area contributed by atoms with E-state index < -0.39 is 0 Å². The van der Waals surface area contributed by atoms with Gasteiger partial charge in [-0.25, -0.2) is 0 Å². The van der Waals surface area contributed by atoms with Crippen molar-refractivity contribution < 1.29 is 0 Å². The largest absolute Gasteiger partial charge is 0.0880 e. The Morgan fingerprint density at radius 2 is 2.08 bits per heavy atom. The molecule has 1 rings (SSSR count).